The Balaban J connectivity index is 2.14. The maximum atomic E-state index is 11.9. The van der Waals surface area contributed by atoms with Crippen LogP contribution < -0.4 is 4.90 Å². The van der Waals surface area contributed by atoms with Crippen molar-refractivity contribution >= 4 is 34.1 Å². The van der Waals surface area contributed by atoms with E-state index in [-0.39, 0.29) is 5.78 Å². The average Bonchev–Trinajstić information content (AvgIpc) is 2.46. The van der Waals surface area contributed by atoms with Crippen molar-refractivity contribution in [3.05, 3.63) is 63.2 Å². The number of benzene rings is 2. The van der Waals surface area contributed by atoms with E-state index in [4.69, 9.17) is 0 Å². The van der Waals surface area contributed by atoms with Crippen molar-refractivity contribution in [1.82, 2.24) is 0 Å². The maximum absolute atomic E-state index is 11.9. The second kappa shape index (κ2) is 6.58. The number of hydrogen-bond acceptors (Lipinski definition) is 2. The minimum atomic E-state index is -0.155. The normalized spacial score (nSPS) is 9.55. The van der Waals surface area contributed by atoms with E-state index in [2.05, 4.69) is 34.4 Å². The molecular weight excluding hydrogens is 359 g/mol. The third-order valence-corrected chi connectivity index (χ3v) is 3.53. The third kappa shape index (κ3) is 3.84. The Morgan fingerprint density at radius 3 is 2.15 bits per heavy atom. The number of carbonyl (C=O) groups excluding carboxylic acids is 1. The van der Waals surface area contributed by atoms with E-state index in [1.165, 1.54) is 0 Å². The molecule has 0 aliphatic rings. The Bertz CT molecular complexity index is 661. The molecule has 0 saturated carbocycles. The minimum Gasteiger partial charge on any atom is -0.378 e. The molecule has 2 rings (SSSR count). The zero-order valence-electron chi connectivity index (χ0n) is 11.4. The van der Waals surface area contributed by atoms with Gasteiger partial charge in [-0.1, -0.05) is 5.92 Å². The van der Waals surface area contributed by atoms with Crippen LogP contribution in [-0.2, 0) is 0 Å². The van der Waals surface area contributed by atoms with Gasteiger partial charge in [0.1, 0.15) is 0 Å². The highest BCUT2D eigenvalue weighted by Gasteiger charge is 2.01. The lowest BCUT2D eigenvalue weighted by Crippen LogP contribution is -2.07. The van der Waals surface area contributed by atoms with Crippen LogP contribution in [0.3, 0.4) is 0 Å². The first kappa shape index (κ1) is 14.6. The van der Waals surface area contributed by atoms with E-state index >= 15 is 0 Å². The van der Waals surface area contributed by atoms with Gasteiger partial charge in [0.15, 0.2) is 0 Å². The predicted octanol–water partition coefficient (Wildman–Crippen LogP) is 3.59. The van der Waals surface area contributed by atoms with E-state index in [9.17, 15) is 4.79 Å². The molecule has 0 saturated heterocycles. The Morgan fingerprint density at radius 1 is 1.00 bits per heavy atom. The predicted molar refractivity (Wildman–Crippen MR) is 91.1 cm³/mol. The third-order valence-electron chi connectivity index (χ3n) is 2.81. The van der Waals surface area contributed by atoms with Gasteiger partial charge in [-0.05, 0) is 77.0 Å². The molecule has 0 aliphatic heterocycles. The molecule has 20 heavy (non-hydrogen) atoms. The number of nitrogens with zero attached hydrogens (tertiary/aromatic N) is 1. The fraction of sp³-hybridized carbons (Fsp3) is 0.118. The summed E-state index contributed by atoms with van der Waals surface area (Å²) in [5, 5.41) is 0. The number of Topliss-reactive ketones (excluding diaryl/α,β-unsaturated/α-hetero) is 1. The van der Waals surface area contributed by atoms with Gasteiger partial charge < -0.3 is 4.90 Å². The fourth-order valence-corrected chi connectivity index (χ4v) is 2.00. The summed E-state index contributed by atoms with van der Waals surface area (Å²) in [6.45, 7) is 0. The molecule has 0 unspecified atom stereocenters. The van der Waals surface area contributed by atoms with Crippen LogP contribution in [0, 0.1) is 15.4 Å². The fourth-order valence-electron chi connectivity index (χ4n) is 1.65. The van der Waals surface area contributed by atoms with Gasteiger partial charge in [-0.25, -0.2) is 0 Å². The first-order valence-corrected chi connectivity index (χ1v) is 7.23. The highest BCUT2D eigenvalue weighted by atomic mass is 125. The Hall–Kier alpha value is -1.80. The van der Waals surface area contributed by atoms with Crippen LogP contribution in [0.5, 0.6) is 0 Å². The van der Waals surface area contributed by atoms with Gasteiger partial charge in [0.25, 0.3) is 0 Å². The summed E-state index contributed by atoms with van der Waals surface area (Å²) in [5.74, 6) is 5.43. The molecule has 100 valence electrons. The molecule has 2 nitrogen and oxygen atoms in total. The lowest BCUT2D eigenvalue weighted by Gasteiger charge is -2.11. The van der Waals surface area contributed by atoms with E-state index in [1.54, 1.807) is 12.1 Å². The Kier molecular flexibility index (Phi) is 4.80. The van der Waals surface area contributed by atoms with Gasteiger partial charge in [0.2, 0.25) is 5.78 Å². The first-order valence-electron chi connectivity index (χ1n) is 6.15. The summed E-state index contributed by atoms with van der Waals surface area (Å²) >= 11 is 2.21. The zero-order chi connectivity index (χ0) is 14.5. The molecule has 0 heterocycles. The van der Waals surface area contributed by atoms with Gasteiger partial charge in [-0.15, -0.1) is 0 Å². The summed E-state index contributed by atoms with van der Waals surface area (Å²) in [6, 6.07) is 15.2. The zero-order valence-corrected chi connectivity index (χ0v) is 13.5. The topological polar surface area (TPSA) is 20.3 Å². The molecule has 0 aliphatic carbocycles. The van der Waals surface area contributed by atoms with Gasteiger partial charge in [-0.2, -0.15) is 0 Å². The minimum absolute atomic E-state index is 0.155. The van der Waals surface area contributed by atoms with Crippen LogP contribution in [0.1, 0.15) is 15.9 Å². The van der Waals surface area contributed by atoms with Crippen LogP contribution in [-0.4, -0.2) is 19.9 Å². The van der Waals surface area contributed by atoms with Crippen molar-refractivity contribution in [1.29, 1.82) is 0 Å². The van der Waals surface area contributed by atoms with Crippen LogP contribution >= 0.6 is 22.6 Å². The van der Waals surface area contributed by atoms with Crippen molar-refractivity contribution in [3.63, 3.8) is 0 Å². The van der Waals surface area contributed by atoms with E-state index < -0.39 is 0 Å². The molecule has 0 bridgehead atoms. The summed E-state index contributed by atoms with van der Waals surface area (Å²) in [5.41, 5.74) is 2.58. The quantitative estimate of drug-likeness (QED) is 0.456. The van der Waals surface area contributed by atoms with Crippen molar-refractivity contribution in [2.45, 2.75) is 0 Å². The summed E-state index contributed by atoms with van der Waals surface area (Å²) < 4.78 is 1.10. The molecular formula is C17H14INO. The van der Waals surface area contributed by atoms with Crippen LogP contribution in [0.15, 0.2) is 48.5 Å². The highest BCUT2D eigenvalue weighted by molar-refractivity contribution is 14.1. The lowest BCUT2D eigenvalue weighted by atomic mass is 10.1. The lowest BCUT2D eigenvalue weighted by molar-refractivity contribution is 0.105. The van der Waals surface area contributed by atoms with E-state index in [0.717, 1.165) is 14.8 Å². The Morgan fingerprint density at radius 2 is 1.60 bits per heavy atom. The SMILES string of the molecule is CN(C)c1ccc(C#CC(=O)c2ccc([125I])cc2)cc1. The molecule has 0 fully saturated rings. The number of ketones is 1. The molecule has 0 radical (unpaired) electrons. The van der Waals surface area contributed by atoms with Gasteiger partial charge in [0, 0.05) is 34.5 Å². The second-order valence-electron chi connectivity index (χ2n) is 4.53. The highest BCUT2D eigenvalue weighted by Crippen LogP contribution is 2.11. The standard InChI is InChI=1S/C17H14INO/c1-19(2)16-10-3-13(4-11-16)5-12-17(20)14-6-8-15(18)9-7-14/h3-4,6-11H,1-2H3/i18-2. The first-order chi connectivity index (χ1) is 9.56. The van der Waals surface area contributed by atoms with Crippen molar-refractivity contribution in [2.75, 3.05) is 19.0 Å². The molecule has 2 aromatic carbocycles. The van der Waals surface area contributed by atoms with Crippen LogP contribution in [0.25, 0.3) is 0 Å². The number of halogens is 1. The number of rotatable bonds is 2. The molecule has 0 spiro atoms. The molecule has 3 heteroatoms. The van der Waals surface area contributed by atoms with Gasteiger partial charge in [0.05, 0.1) is 0 Å². The van der Waals surface area contributed by atoms with E-state index in [0.29, 0.717) is 5.56 Å². The van der Waals surface area contributed by atoms with Crippen LogP contribution in [0.4, 0.5) is 5.69 Å². The average molecular weight is 373 g/mol. The van der Waals surface area contributed by atoms with E-state index in [1.807, 2.05) is 55.4 Å². The molecule has 0 amide bonds. The van der Waals surface area contributed by atoms with Crippen molar-refractivity contribution in [2.24, 2.45) is 0 Å². The smallest absolute Gasteiger partial charge is 0.236 e. The molecule has 0 atom stereocenters. The van der Waals surface area contributed by atoms with Crippen molar-refractivity contribution in [3.8, 4) is 11.8 Å². The van der Waals surface area contributed by atoms with Gasteiger partial charge >= 0.3 is 0 Å². The summed E-state index contributed by atoms with van der Waals surface area (Å²) in [7, 11) is 3.97. The molecule has 2 aromatic rings. The van der Waals surface area contributed by atoms with Gasteiger partial charge in [-0.3, -0.25) is 4.79 Å². The Labute approximate surface area is 132 Å². The molecule has 0 N–H and O–H groups in total. The maximum Gasteiger partial charge on any atom is 0.236 e. The second-order valence-corrected chi connectivity index (χ2v) is 5.77. The van der Waals surface area contributed by atoms with Crippen molar-refractivity contribution < 1.29 is 4.79 Å². The largest absolute Gasteiger partial charge is 0.378 e. The summed E-state index contributed by atoms with van der Waals surface area (Å²) in [6.07, 6.45) is 0. The monoisotopic (exact) mass is 373 g/mol. The molecule has 0 aromatic heterocycles. The van der Waals surface area contributed by atoms with Crippen LogP contribution in [0.2, 0.25) is 0 Å². The summed E-state index contributed by atoms with van der Waals surface area (Å²) in [4.78, 5) is 13.9. The number of hydrogen-bond donors (Lipinski definition) is 0. The number of carbonyl (C=O) groups is 1. The number of anilines is 1.